The van der Waals surface area contributed by atoms with Gasteiger partial charge in [0, 0.05) is 44.3 Å². The van der Waals surface area contributed by atoms with Crippen LogP contribution in [-0.4, -0.2) is 66.9 Å². The number of carbonyl (C=O) groups excluding carboxylic acids is 2. The Morgan fingerprint density at radius 3 is 2.41 bits per heavy atom. The largest absolute Gasteiger partial charge is 0.480 e. The van der Waals surface area contributed by atoms with Crippen molar-refractivity contribution in [3.05, 3.63) is 106 Å². The maximum Gasteiger partial charge on any atom is 0.307 e. The zero-order chi connectivity index (χ0) is 35.6. The molecule has 3 aliphatic heterocycles. The number of nitrogens with zero attached hydrogens (tertiary/aromatic N) is 7. The summed E-state index contributed by atoms with van der Waals surface area (Å²) in [6, 6.07) is 13.3. The van der Waals surface area contributed by atoms with Crippen molar-refractivity contribution in [1.29, 1.82) is 15.8 Å². The van der Waals surface area contributed by atoms with E-state index < -0.39 is 5.60 Å². The van der Waals surface area contributed by atoms with Gasteiger partial charge in [-0.15, -0.1) is 0 Å². The summed E-state index contributed by atoms with van der Waals surface area (Å²) in [6.07, 6.45) is 16.8. The maximum absolute atomic E-state index is 13.1. The molecule has 1 aromatic rings. The van der Waals surface area contributed by atoms with Gasteiger partial charge in [0.25, 0.3) is 5.91 Å². The molecule has 0 spiro atoms. The highest BCUT2D eigenvalue weighted by atomic mass is 16.5. The second-order valence-electron chi connectivity index (χ2n) is 12.0. The summed E-state index contributed by atoms with van der Waals surface area (Å²) >= 11 is 0. The molecule has 0 saturated carbocycles. The normalized spacial score (nSPS) is 17.2. The molecule has 0 bridgehead atoms. The third-order valence-corrected chi connectivity index (χ3v) is 8.01. The van der Waals surface area contributed by atoms with E-state index >= 15 is 0 Å². The van der Waals surface area contributed by atoms with Gasteiger partial charge in [0.2, 0.25) is 0 Å². The Labute approximate surface area is 287 Å². The maximum atomic E-state index is 13.1. The van der Waals surface area contributed by atoms with Crippen LogP contribution in [0.1, 0.15) is 45.6 Å². The number of allylic oxidation sites excluding steroid dienone is 7. The first-order valence-electron chi connectivity index (χ1n) is 15.9. The Morgan fingerprint density at radius 2 is 1.78 bits per heavy atom. The fraction of sp³-hybridized carbons (Fsp3) is 0.316. The van der Waals surface area contributed by atoms with E-state index in [1.807, 2.05) is 91.8 Å². The minimum Gasteiger partial charge on any atom is -0.480 e. The molecule has 0 aliphatic carbocycles. The molecule has 0 atom stereocenters. The average molecular weight is 658 g/mol. The van der Waals surface area contributed by atoms with Crippen molar-refractivity contribution in [2.75, 3.05) is 38.7 Å². The second kappa shape index (κ2) is 16.1. The van der Waals surface area contributed by atoms with Gasteiger partial charge in [0.05, 0.1) is 24.3 Å². The van der Waals surface area contributed by atoms with Crippen LogP contribution in [0.25, 0.3) is 6.08 Å². The van der Waals surface area contributed by atoms with Gasteiger partial charge in [0.1, 0.15) is 36.0 Å². The topological polar surface area (TPSA) is 146 Å². The Hall–Kier alpha value is -6.12. The molecule has 0 aromatic heterocycles. The molecule has 1 amide bonds. The third kappa shape index (κ3) is 8.82. The first-order chi connectivity index (χ1) is 23.5. The standard InChI is InChI=1S/C38H39N7O4/c1-6-7-34-31(14-10-28-16-19-43(4)20-17-28)37(47)45(42-34)22-23-48-35(46)18-21-44(5)30-12-8-27(9-13-30)11-15-33-32(26-41)36(29(24-39)25-40)49-38(33,2)3/h8-17,19-20H,6-7,18,21-23H2,1-5H3/b15-11+,31-14-. The summed E-state index contributed by atoms with van der Waals surface area (Å²) in [5.41, 5.74) is 3.63. The number of hydrogen-bond donors (Lipinski definition) is 0. The Balaban J connectivity index is 1.28. The summed E-state index contributed by atoms with van der Waals surface area (Å²) < 4.78 is 11.2. The van der Waals surface area contributed by atoms with Crippen molar-refractivity contribution in [2.24, 2.45) is 5.10 Å². The number of benzene rings is 1. The van der Waals surface area contributed by atoms with Crippen molar-refractivity contribution in [1.82, 2.24) is 9.91 Å². The van der Waals surface area contributed by atoms with E-state index in [1.165, 1.54) is 5.01 Å². The van der Waals surface area contributed by atoms with Crippen LogP contribution >= 0.6 is 0 Å². The number of hydrogen-bond acceptors (Lipinski definition) is 10. The number of anilines is 1. The van der Waals surface area contributed by atoms with Gasteiger partial charge in [-0.1, -0.05) is 43.7 Å². The number of hydrazone groups is 1. The lowest BCUT2D eigenvalue weighted by atomic mass is 9.94. The lowest BCUT2D eigenvalue weighted by molar-refractivity contribution is -0.145. The smallest absolute Gasteiger partial charge is 0.307 e. The average Bonchev–Trinajstić information content (AvgIpc) is 3.53. The van der Waals surface area contributed by atoms with Crippen molar-refractivity contribution < 1.29 is 19.1 Å². The summed E-state index contributed by atoms with van der Waals surface area (Å²) in [4.78, 5) is 29.5. The highest BCUT2D eigenvalue weighted by molar-refractivity contribution is 6.24. The first-order valence-corrected chi connectivity index (χ1v) is 15.9. The van der Waals surface area contributed by atoms with E-state index in [0.29, 0.717) is 24.1 Å². The van der Waals surface area contributed by atoms with Gasteiger partial charge in [-0.3, -0.25) is 9.59 Å². The monoisotopic (exact) mass is 657 g/mol. The predicted molar refractivity (Wildman–Crippen MR) is 187 cm³/mol. The number of esters is 1. The highest BCUT2D eigenvalue weighted by Gasteiger charge is 2.38. The van der Waals surface area contributed by atoms with E-state index in [9.17, 15) is 25.4 Å². The van der Waals surface area contributed by atoms with E-state index in [2.05, 4.69) is 11.2 Å². The molecule has 0 unspecified atom stereocenters. The summed E-state index contributed by atoms with van der Waals surface area (Å²) in [5.74, 6) is -0.572. The van der Waals surface area contributed by atoms with Gasteiger partial charge < -0.3 is 19.3 Å². The van der Waals surface area contributed by atoms with Gasteiger partial charge >= 0.3 is 5.97 Å². The Bertz CT molecular complexity index is 1820. The van der Waals surface area contributed by atoms with Crippen molar-refractivity contribution >= 4 is 29.4 Å². The molecule has 11 heteroatoms. The number of nitriles is 3. The number of amides is 1. The van der Waals surface area contributed by atoms with Gasteiger partial charge in [-0.25, -0.2) is 5.01 Å². The molecule has 3 heterocycles. The SMILES string of the molecule is CCCC1=NN(CCOC(=O)CCN(C)c2ccc(/C=C/C3=C(C#N)C(=C(C#N)C#N)OC3(C)C)cc2)C(=O)/C1=C\C=C1C=CN(C)C=C1. The molecule has 0 N–H and O–H groups in total. The van der Waals surface area contributed by atoms with E-state index in [0.717, 1.165) is 29.0 Å². The van der Waals surface area contributed by atoms with Crippen LogP contribution in [0.4, 0.5) is 5.69 Å². The van der Waals surface area contributed by atoms with Crippen LogP contribution in [0, 0.1) is 34.0 Å². The lowest BCUT2D eigenvalue weighted by Crippen LogP contribution is -2.28. The fourth-order valence-electron chi connectivity index (χ4n) is 5.26. The molecule has 0 radical (unpaired) electrons. The molecule has 0 saturated heterocycles. The summed E-state index contributed by atoms with van der Waals surface area (Å²) in [7, 11) is 3.82. The van der Waals surface area contributed by atoms with Gasteiger partial charge in [-0.2, -0.15) is 20.9 Å². The summed E-state index contributed by atoms with van der Waals surface area (Å²) in [6.45, 7) is 6.23. The lowest BCUT2D eigenvalue weighted by Gasteiger charge is -2.20. The van der Waals surface area contributed by atoms with Gasteiger partial charge in [0.15, 0.2) is 11.3 Å². The minimum atomic E-state index is -0.889. The van der Waals surface area contributed by atoms with E-state index in [-0.39, 0.29) is 48.4 Å². The zero-order valence-corrected chi connectivity index (χ0v) is 28.4. The molecular weight excluding hydrogens is 618 g/mol. The van der Waals surface area contributed by atoms with Crippen molar-refractivity contribution in [2.45, 2.75) is 45.6 Å². The van der Waals surface area contributed by atoms with Crippen LogP contribution < -0.4 is 4.90 Å². The Kier molecular flexibility index (Phi) is 11.8. The third-order valence-electron chi connectivity index (χ3n) is 8.01. The molecule has 3 aliphatic rings. The number of rotatable bonds is 12. The molecule has 11 nitrogen and oxygen atoms in total. The minimum absolute atomic E-state index is 0.000800. The zero-order valence-electron chi connectivity index (χ0n) is 28.4. The molecule has 1 aromatic carbocycles. The van der Waals surface area contributed by atoms with Crippen LogP contribution in [0.15, 0.2) is 106 Å². The van der Waals surface area contributed by atoms with Crippen LogP contribution in [-0.2, 0) is 19.1 Å². The molecular formula is C38H39N7O4. The second-order valence-corrected chi connectivity index (χ2v) is 12.0. The van der Waals surface area contributed by atoms with E-state index in [4.69, 9.17) is 9.47 Å². The fourth-order valence-corrected chi connectivity index (χ4v) is 5.26. The van der Waals surface area contributed by atoms with Crippen molar-refractivity contribution in [3.63, 3.8) is 0 Å². The van der Waals surface area contributed by atoms with Crippen LogP contribution in [0.3, 0.4) is 0 Å². The quantitative estimate of drug-likeness (QED) is 0.154. The van der Waals surface area contributed by atoms with Gasteiger partial charge in [-0.05, 0) is 61.8 Å². The molecule has 4 rings (SSSR count). The number of ether oxygens (including phenoxy) is 2. The van der Waals surface area contributed by atoms with Crippen molar-refractivity contribution in [3.8, 4) is 18.2 Å². The summed E-state index contributed by atoms with van der Waals surface area (Å²) in [5, 5.41) is 34.1. The van der Waals surface area contributed by atoms with E-state index in [1.54, 1.807) is 38.1 Å². The van der Waals surface area contributed by atoms with Crippen LogP contribution in [0.2, 0.25) is 0 Å². The van der Waals surface area contributed by atoms with Crippen LogP contribution in [0.5, 0.6) is 0 Å². The number of carbonyl (C=O) groups is 2. The molecule has 49 heavy (non-hydrogen) atoms. The predicted octanol–water partition coefficient (Wildman–Crippen LogP) is 5.82. The molecule has 0 fully saturated rings. The first kappa shape index (κ1) is 35.7. The molecule has 250 valence electrons. The highest BCUT2D eigenvalue weighted by Crippen LogP contribution is 2.40. The Morgan fingerprint density at radius 1 is 1.08 bits per heavy atom.